The highest BCUT2D eigenvalue weighted by Gasteiger charge is 2.27. The van der Waals surface area contributed by atoms with Crippen LogP contribution >= 0.6 is 11.8 Å². The summed E-state index contributed by atoms with van der Waals surface area (Å²) in [6, 6.07) is 6.07. The van der Waals surface area contributed by atoms with Crippen LogP contribution in [0.1, 0.15) is 13.3 Å². The minimum absolute atomic E-state index is 0.0292. The fourth-order valence-corrected chi connectivity index (χ4v) is 3.04. The van der Waals surface area contributed by atoms with Crippen LogP contribution in [0.3, 0.4) is 0 Å². The van der Waals surface area contributed by atoms with Gasteiger partial charge in [0.05, 0.1) is 4.90 Å². The van der Waals surface area contributed by atoms with E-state index in [4.69, 9.17) is 0 Å². The van der Waals surface area contributed by atoms with E-state index in [-0.39, 0.29) is 29.0 Å². The van der Waals surface area contributed by atoms with E-state index in [1.807, 2.05) is 6.92 Å². The molecule has 0 fully saturated rings. The van der Waals surface area contributed by atoms with Crippen LogP contribution in [-0.4, -0.2) is 32.8 Å². The Bertz CT molecular complexity index is 530. The zero-order valence-corrected chi connectivity index (χ0v) is 13.0. The molecule has 1 aromatic carbocycles. The van der Waals surface area contributed by atoms with Gasteiger partial charge in [-0.15, -0.1) is 0 Å². The zero-order valence-electron chi connectivity index (χ0n) is 11.4. The number of thioether (sulfide) groups is 1. The predicted molar refractivity (Wildman–Crippen MR) is 78.9 cm³/mol. The molecule has 0 spiro atoms. The van der Waals surface area contributed by atoms with Crippen molar-refractivity contribution in [2.75, 3.05) is 24.2 Å². The Hall–Kier alpha value is -0.930. The molecule has 1 rings (SSSR count). The molecule has 0 radical (unpaired) electrons. The number of halogens is 3. The summed E-state index contributed by atoms with van der Waals surface area (Å²) in [5.74, 6) is -0.362. The number of hydrogen-bond donors (Lipinski definition) is 2. The summed E-state index contributed by atoms with van der Waals surface area (Å²) in [5.41, 5.74) is -3.55. The fourth-order valence-electron chi connectivity index (χ4n) is 1.45. The summed E-state index contributed by atoms with van der Waals surface area (Å²) < 4.78 is 61.6. The van der Waals surface area contributed by atoms with Crippen LogP contribution in [0.2, 0.25) is 0 Å². The molecule has 0 aliphatic rings. The highest BCUT2D eigenvalue weighted by Crippen LogP contribution is 2.29. The Morgan fingerprint density at radius 3 is 2.29 bits per heavy atom. The van der Waals surface area contributed by atoms with Crippen molar-refractivity contribution in [3.63, 3.8) is 0 Å². The maximum Gasteiger partial charge on any atom is 0.441 e. The van der Waals surface area contributed by atoms with Gasteiger partial charge >= 0.3 is 5.51 Å². The largest absolute Gasteiger partial charge is 0.441 e. The maximum absolute atomic E-state index is 11.9. The lowest BCUT2D eigenvalue weighted by atomic mass is 10.3. The van der Waals surface area contributed by atoms with Crippen molar-refractivity contribution in [3.8, 4) is 0 Å². The van der Waals surface area contributed by atoms with Crippen molar-refractivity contribution in [3.05, 3.63) is 24.3 Å². The molecular formula is C12H17F3N2O2S2. The van der Waals surface area contributed by atoms with Gasteiger partial charge in [-0.1, -0.05) is 6.92 Å². The summed E-state index contributed by atoms with van der Waals surface area (Å²) in [4.78, 5) is 0.0292. The Morgan fingerprint density at radius 2 is 1.76 bits per heavy atom. The van der Waals surface area contributed by atoms with E-state index in [0.29, 0.717) is 0 Å². The molecule has 0 unspecified atom stereocenters. The Morgan fingerprint density at radius 1 is 1.14 bits per heavy atom. The average Bonchev–Trinajstić information content (AvgIpc) is 2.41. The lowest BCUT2D eigenvalue weighted by molar-refractivity contribution is -0.0327. The molecule has 120 valence electrons. The molecular weight excluding hydrogens is 325 g/mol. The molecule has 4 nitrogen and oxygen atoms in total. The van der Waals surface area contributed by atoms with Gasteiger partial charge < -0.3 is 5.32 Å². The van der Waals surface area contributed by atoms with Crippen LogP contribution in [-0.2, 0) is 10.0 Å². The summed E-state index contributed by atoms with van der Waals surface area (Å²) in [7, 11) is -3.77. The Balaban J connectivity index is 2.54. The van der Waals surface area contributed by atoms with Crippen molar-refractivity contribution in [2.45, 2.75) is 23.7 Å². The number of hydrogen-bond acceptors (Lipinski definition) is 4. The third-order valence-corrected chi connectivity index (χ3v) is 4.62. The molecule has 0 amide bonds. The van der Waals surface area contributed by atoms with Gasteiger partial charge in [0.1, 0.15) is 0 Å². The third kappa shape index (κ3) is 7.05. The molecule has 2 N–H and O–H groups in total. The van der Waals surface area contributed by atoms with Gasteiger partial charge in [-0.3, -0.25) is 0 Å². The quantitative estimate of drug-likeness (QED) is 0.713. The van der Waals surface area contributed by atoms with Crippen LogP contribution in [0.15, 0.2) is 29.2 Å². The molecule has 0 atom stereocenters. The van der Waals surface area contributed by atoms with Gasteiger partial charge in [-0.25, -0.2) is 13.1 Å². The van der Waals surface area contributed by atoms with E-state index in [1.54, 1.807) is 12.1 Å². The van der Waals surface area contributed by atoms with Gasteiger partial charge in [-0.2, -0.15) is 13.2 Å². The average molecular weight is 342 g/mol. The number of nitrogens with one attached hydrogen (secondary N) is 2. The monoisotopic (exact) mass is 342 g/mol. The van der Waals surface area contributed by atoms with Crippen molar-refractivity contribution >= 4 is 27.5 Å². The van der Waals surface area contributed by atoms with E-state index >= 15 is 0 Å². The topological polar surface area (TPSA) is 58.2 Å². The second-order valence-electron chi connectivity index (χ2n) is 4.14. The third-order valence-electron chi connectivity index (χ3n) is 2.40. The standard InChI is InChI=1S/C12H17F3N2O2S2/c1-2-7-16-10-3-5-11(6-4-10)21(18,19)17-8-9-20-12(13,14)15/h3-6,16-17H,2,7-9H2,1H3. The second-order valence-corrected chi connectivity index (χ2v) is 7.07. The van der Waals surface area contributed by atoms with Gasteiger partial charge in [0.25, 0.3) is 0 Å². The normalized spacial score (nSPS) is 12.4. The lowest BCUT2D eigenvalue weighted by Gasteiger charge is -2.09. The van der Waals surface area contributed by atoms with Crippen molar-refractivity contribution in [1.82, 2.24) is 4.72 Å². The SMILES string of the molecule is CCCNc1ccc(S(=O)(=O)NCCSC(F)(F)F)cc1. The molecule has 0 heterocycles. The molecule has 0 aromatic heterocycles. The number of benzene rings is 1. The van der Waals surface area contributed by atoms with E-state index < -0.39 is 15.5 Å². The summed E-state index contributed by atoms with van der Waals surface area (Å²) in [5, 5.41) is 3.10. The van der Waals surface area contributed by atoms with E-state index in [0.717, 1.165) is 18.7 Å². The second kappa shape index (κ2) is 7.90. The first-order valence-electron chi connectivity index (χ1n) is 6.29. The molecule has 0 saturated carbocycles. The summed E-state index contributed by atoms with van der Waals surface area (Å²) in [6.45, 7) is 2.51. The van der Waals surface area contributed by atoms with E-state index in [2.05, 4.69) is 10.0 Å². The highest BCUT2D eigenvalue weighted by molar-refractivity contribution is 8.00. The van der Waals surface area contributed by atoms with Crippen molar-refractivity contribution in [1.29, 1.82) is 0 Å². The molecule has 0 saturated heterocycles. The van der Waals surface area contributed by atoms with Gasteiger partial charge in [0.15, 0.2) is 0 Å². The lowest BCUT2D eigenvalue weighted by Crippen LogP contribution is -2.26. The van der Waals surface area contributed by atoms with Crippen LogP contribution in [0, 0.1) is 0 Å². The number of anilines is 1. The van der Waals surface area contributed by atoms with Crippen molar-refractivity contribution < 1.29 is 21.6 Å². The van der Waals surface area contributed by atoms with Crippen LogP contribution in [0.4, 0.5) is 18.9 Å². The first-order chi connectivity index (χ1) is 9.74. The fraction of sp³-hybridized carbons (Fsp3) is 0.500. The molecule has 9 heteroatoms. The van der Waals surface area contributed by atoms with Crippen LogP contribution in [0.25, 0.3) is 0 Å². The van der Waals surface area contributed by atoms with Gasteiger partial charge in [0, 0.05) is 24.5 Å². The minimum Gasteiger partial charge on any atom is -0.385 e. The first-order valence-corrected chi connectivity index (χ1v) is 8.76. The van der Waals surface area contributed by atoms with E-state index in [9.17, 15) is 21.6 Å². The molecule has 1 aromatic rings. The molecule has 21 heavy (non-hydrogen) atoms. The predicted octanol–water partition coefficient (Wildman–Crippen LogP) is 3.04. The molecule has 0 aliphatic carbocycles. The Labute approximate surface area is 126 Å². The Kier molecular flexibility index (Phi) is 6.82. The summed E-state index contributed by atoms with van der Waals surface area (Å²) in [6.07, 6.45) is 0.943. The zero-order chi connectivity index (χ0) is 15.9. The van der Waals surface area contributed by atoms with Gasteiger partial charge in [0.2, 0.25) is 10.0 Å². The summed E-state index contributed by atoms with van der Waals surface area (Å²) >= 11 is -0.256. The van der Waals surface area contributed by atoms with E-state index in [1.165, 1.54) is 12.1 Å². The number of sulfonamides is 1. The molecule has 0 bridgehead atoms. The van der Waals surface area contributed by atoms with Crippen LogP contribution < -0.4 is 10.0 Å². The smallest absolute Gasteiger partial charge is 0.385 e. The minimum atomic E-state index is -4.35. The number of rotatable bonds is 8. The molecule has 0 aliphatic heterocycles. The van der Waals surface area contributed by atoms with Gasteiger partial charge in [-0.05, 0) is 42.4 Å². The maximum atomic E-state index is 11.9. The first kappa shape index (κ1) is 18.1. The number of alkyl halides is 3. The highest BCUT2D eigenvalue weighted by atomic mass is 32.2. The van der Waals surface area contributed by atoms with Crippen LogP contribution in [0.5, 0.6) is 0 Å². The van der Waals surface area contributed by atoms with Crippen molar-refractivity contribution in [2.24, 2.45) is 0 Å².